The summed E-state index contributed by atoms with van der Waals surface area (Å²) in [6.07, 6.45) is 2.13. The van der Waals surface area contributed by atoms with Gasteiger partial charge in [-0.05, 0) is 6.42 Å². The molecule has 0 spiro atoms. The Morgan fingerprint density at radius 2 is 2.53 bits per heavy atom. The van der Waals surface area contributed by atoms with E-state index in [-0.39, 0.29) is 17.8 Å². The number of hydrogen-bond donors (Lipinski definition) is 1. The fourth-order valence-electron chi connectivity index (χ4n) is 1.50. The minimum Gasteiger partial charge on any atom is -0.505 e. The van der Waals surface area contributed by atoms with Gasteiger partial charge in [-0.2, -0.15) is 0 Å². The second-order valence-electron chi connectivity index (χ2n) is 3.35. The maximum atomic E-state index is 11.2. The highest BCUT2D eigenvalue weighted by atomic mass is 16.5. The molecule has 1 saturated heterocycles. The zero-order valence-electron chi connectivity index (χ0n) is 8.59. The van der Waals surface area contributed by atoms with Gasteiger partial charge in [-0.15, -0.1) is 0 Å². The van der Waals surface area contributed by atoms with Crippen molar-refractivity contribution in [3.63, 3.8) is 0 Å². The van der Waals surface area contributed by atoms with Crippen LogP contribution >= 0.6 is 0 Å². The lowest BCUT2D eigenvalue weighted by Crippen LogP contribution is -2.53. The van der Waals surface area contributed by atoms with Gasteiger partial charge >= 0.3 is 12.2 Å². The van der Waals surface area contributed by atoms with Crippen molar-refractivity contribution in [1.29, 1.82) is 5.39 Å². The molecule has 0 aromatic heterocycles. The van der Waals surface area contributed by atoms with Crippen molar-refractivity contribution >= 4 is 5.97 Å². The summed E-state index contributed by atoms with van der Waals surface area (Å²) < 4.78 is 4.62. The molecule has 0 aromatic rings. The molecule has 1 aliphatic heterocycles. The highest BCUT2D eigenvalue weighted by Crippen LogP contribution is 2.19. The van der Waals surface area contributed by atoms with Crippen LogP contribution in [-0.2, 0) is 9.53 Å². The Balaban J connectivity index is 2.32. The molecule has 0 amide bonds. The maximum Gasteiger partial charge on any atom is 0.387 e. The number of carbonyl (C=O) groups excluding carboxylic acids is 1. The van der Waals surface area contributed by atoms with Crippen LogP contribution in [0.3, 0.4) is 0 Å². The van der Waals surface area contributed by atoms with Crippen LogP contribution in [0.4, 0.5) is 0 Å². The third kappa shape index (κ3) is 2.92. The Kier molecular flexibility index (Phi) is 4.06. The van der Waals surface area contributed by atoms with Crippen LogP contribution in [0.5, 0.6) is 0 Å². The first-order valence-corrected chi connectivity index (χ1v) is 4.73. The Bertz CT molecular complexity index is 308. The highest BCUT2D eigenvalue weighted by Gasteiger charge is 2.34. The van der Waals surface area contributed by atoms with Crippen molar-refractivity contribution in [3.8, 4) is 0 Å². The van der Waals surface area contributed by atoms with E-state index in [1.165, 1.54) is 7.11 Å². The van der Waals surface area contributed by atoms with Crippen molar-refractivity contribution in [2.45, 2.75) is 18.9 Å². The van der Waals surface area contributed by atoms with E-state index in [0.29, 0.717) is 13.0 Å². The van der Waals surface area contributed by atoms with Crippen LogP contribution in [0.15, 0.2) is 12.0 Å². The van der Waals surface area contributed by atoms with Crippen LogP contribution < -0.4 is 0 Å². The molecule has 6 nitrogen and oxygen atoms in total. The average Bonchev–Trinajstić information content (AvgIpc) is 2.16. The SMILES string of the molecule is COC(=O)C1CCN1CC/C(O)=C/[N+]#N. The van der Waals surface area contributed by atoms with E-state index in [4.69, 9.17) is 10.5 Å². The van der Waals surface area contributed by atoms with Gasteiger partial charge in [0.05, 0.1) is 7.11 Å². The lowest BCUT2D eigenvalue weighted by molar-refractivity contribution is -0.151. The Hall–Kier alpha value is -1.61. The number of esters is 1. The van der Waals surface area contributed by atoms with Gasteiger partial charge in [0.25, 0.3) is 0 Å². The molecule has 0 saturated carbocycles. The van der Waals surface area contributed by atoms with E-state index in [1.807, 2.05) is 4.90 Å². The third-order valence-corrected chi connectivity index (χ3v) is 2.47. The average molecular weight is 212 g/mol. The normalized spacial score (nSPS) is 21.6. The Morgan fingerprint density at radius 3 is 3.00 bits per heavy atom. The second kappa shape index (κ2) is 5.32. The standard InChI is InChI=1S/C9H13N3O3/c1-15-9(14)8-3-5-12(8)4-2-7(13)6-11-10/h6,8H,2-5H2,1H3/p+1/b7-6-. The fraction of sp³-hybridized carbons (Fsp3) is 0.667. The molecular formula is C9H14N3O3+. The van der Waals surface area contributed by atoms with Gasteiger partial charge in [-0.25, -0.2) is 0 Å². The van der Waals surface area contributed by atoms with Gasteiger partial charge in [0, 0.05) is 19.5 Å². The third-order valence-electron chi connectivity index (χ3n) is 2.47. The molecule has 82 valence electrons. The first kappa shape index (κ1) is 11.5. The molecule has 6 heteroatoms. The molecule has 0 aromatic carbocycles. The molecule has 1 fully saturated rings. The van der Waals surface area contributed by atoms with Crippen LogP contribution in [0.25, 0.3) is 4.98 Å². The first-order valence-electron chi connectivity index (χ1n) is 4.73. The summed E-state index contributed by atoms with van der Waals surface area (Å²) >= 11 is 0. The zero-order chi connectivity index (χ0) is 11.3. The molecule has 0 aliphatic carbocycles. The van der Waals surface area contributed by atoms with Gasteiger partial charge < -0.3 is 9.84 Å². The van der Waals surface area contributed by atoms with E-state index in [1.54, 1.807) is 0 Å². The van der Waals surface area contributed by atoms with Crippen molar-refractivity contribution in [1.82, 2.24) is 4.90 Å². The minimum atomic E-state index is -0.239. The predicted molar refractivity (Wildman–Crippen MR) is 52.4 cm³/mol. The number of ether oxygens (including phenoxy) is 1. The van der Waals surface area contributed by atoms with E-state index in [2.05, 4.69) is 9.71 Å². The van der Waals surface area contributed by atoms with Crippen LogP contribution in [0, 0.1) is 5.39 Å². The Morgan fingerprint density at radius 1 is 1.80 bits per heavy atom. The summed E-state index contributed by atoms with van der Waals surface area (Å²) in [5, 5.41) is 17.3. The van der Waals surface area contributed by atoms with E-state index < -0.39 is 0 Å². The maximum absolute atomic E-state index is 11.2. The predicted octanol–water partition coefficient (Wildman–Crippen LogP) is 0.876. The molecule has 1 atom stereocenters. The van der Waals surface area contributed by atoms with Crippen LogP contribution in [-0.4, -0.2) is 42.2 Å². The lowest BCUT2D eigenvalue weighted by atomic mass is 10.0. The second-order valence-corrected chi connectivity index (χ2v) is 3.35. The summed E-state index contributed by atoms with van der Waals surface area (Å²) in [5.74, 6) is -0.246. The van der Waals surface area contributed by atoms with Gasteiger partial charge in [-0.3, -0.25) is 9.69 Å². The molecule has 1 rings (SSSR count). The summed E-state index contributed by atoms with van der Waals surface area (Å²) in [4.78, 5) is 15.8. The smallest absolute Gasteiger partial charge is 0.387 e. The number of likely N-dealkylation sites (tertiary alicyclic amines) is 1. The largest absolute Gasteiger partial charge is 0.505 e. The van der Waals surface area contributed by atoms with Gasteiger partial charge in [-0.1, -0.05) is 0 Å². The van der Waals surface area contributed by atoms with Crippen molar-refractivity contribution in [3.05, 3.63) is 16.9 Å². The van der Waals surface area contributed by atoms with Crippen molar-refractivity contribution in [2.75, 3.05) is 20.2 Å². The quantitative estimate of drug-likeness (QED) is 0.425. The lowest BCUT2D eigenvalue weighted by Gasteiger charge is -2.38. The molecule has 0 radical (unpaired) electrons. The monoisotopic (exact) mass is 212 g/mol. The number of carbonyl (C=O) groups is 1. The number of nitrogens with zero attached hydrogens (tertiary/aromatic N) is 3. The fourth-order valence-corrected chi connectivity index (χ4v) is 1.50. The van der Waals surface area contributed by atoms with Gasteiger partial charge in [0.2, 0.25) is 5.39 Å². The number of hydrogen-bond acceptors (Lipinski definition) is 5. The molecule has 0 bridgehead atoms. The van der Waals surface area contributed by atoms with Crippen LogP contribution in [0.2, 0.25) is 0 Å². The number of rotatable bonds is 4. The topological polar surface area (TPSA) is 77.9 Å². The highest BCUT2D eigenvalue weighted by molar-refractivity contribution is 5.76. The number of methoxy groups -OCH3 is 1. The van der Waals surface area contributed by atoms with Crippen molar-refractivity contribution < 1.29 is 14.6 Å². The minimum absolute atomic E-state index is 0.00647. The van der Waals surface area contributed by atoms with Gasteiger partial charge in [0.1, 0.15) is 6.04 Å². The molecule has 1 aliphatic rings. The van der Waals surface area contributed by atoms with E-state index in [0.717, 1.165) is 19.2 Å². The number of aliphatic hydroxyl groups is 1. The van der Waals surface area contributed by atoms with Gasteiger partial charge in [0.15, 0.2) is 10.7 Å². The number of diazo groups is 1. The number of aliphatic hydroxyl groups excluding tert-OH is 1. The summed E-state index contributed by atoms with van der Waals surface area (Å²) in [6.45, 7) is 1.38. The first-order chi connectivity index (χ1) is 7.19. The molecule has 1 heterocycles. The zero-order valence-corrected chi connectivity index (χ0v) is 8.59. The van der Waals surface area contributed by atoms with E-state index in [9.17, 15) is 4.79 Å². The molecule has 15 heavy (non-hydrogen) atoms. The molecule has 1 N–H and O–H groups in total. The Labute approximate surface area is 87.8 Å². The molecular weight excluding hydrogens is 198 g/mol. The van der Waals surface area contributed by atoms with Crippen LogP contribution in [0.1, 0.15) is 12.8 Å². The summed E-state index contributed by atoms with van der Waals surface area (Å²) in [5.41, 5.74) is 0. The van der Waals surface area contributed by atoms with Crippen molar-refractivity contribution in [2.24, 2.45) is 0 Å². The molecule has 1 unspecified atom stereocenters. The van der Waals surface area contributed by atoms with E-state index >= 15 is 0 Å². The summed E-state index contributed by atoms with van der Waals surface area (Å²) in [7, 11) is 1.36. The summed E-state index contributed by atoms with van der Waals surface area (Å²) in [6, 6.07) is -0.186.